The Morgan fingerprint density at radius 1 is 0.914 bits per heavy atom. The normalized spacial score (nSPS) is 11.6. The van der Waals surface area contributed by atoms with Crippen LogP contribution in [0.5, 0.6) is 17.2 Å². The number of carboxylic acid groups (broad SMARTS) is 1. The second-order valence-corrected chi connectivity index (χ2v) is 7.71. The number of hydrogen-bond donors (Lipinski definition) is 3. The van der Waals surface area contributed by atoms with Crippen molar-refractivity contribution in [1.29, 1.82) is 0 Å². The summed E-state index contributed by atoms with van der Waals surface area (Å²) in [6, 6.07) is 11.4. The zero-order valence-corrected chi connectivity index (χ0v) is 20.1. The van der Waals surface area contributed by atoms with Gasteiger partial charge in [0.05, 0.1) is 20.8 Å². The maximum atomic E-state index is 12.1. The fraction of sp³-hybridized carbons (Fsp3) is 0.320. The van der Waals surface area contributed by atoms with Crippen LogP contribution in [0, 0.1) is 5.92 Å². The Balaban J connectivity index is 1.81. The number of nitrogens with one attached hydrogen (secondary N) is 2. The van der Waals surface area contributed by atoms with Crippen molar-refractivity contribution in [3.05, 3.63) is 53.6 Å². The smallest absolute Gasteiger partial charge is 0.497 e. The molecule has 10 nitrogen and oxygen atoms in total. The quantitative estimate of drug-likeness (QED) is 0.189. The first-order valence-electron chi connectivity index (χ1n) is 10.8. The molecule has 0 aliphatic carbocycles. The molecule has 0 fully saturated rings. The Kier molecular flexibility index (Phi) is 10.4. The lowest BCUT2D eigenvalue weighted by molar-refractivity contribution is -0.124. The van der Waals surface area contributed by atoms with Crippen molar-refractivity contribution in [2.75, 3.05) is 27.4 Å². The minimum absolute atomic E-state index is 0.0112. The number of methoxy groups -OCH3 is 2. The van der Waals surface area contributed by atoms with E-state index in [0.717, 1.165) is 11.1 Å². The van der Waals surface area contributed by atoms with Crippen LogP contribution < -0.4 is 24.8 Å². The van der Waals surface area contributed by atoms with Crippen molar-refractivity contribution in [3.63, 3.8) is 0 Å². The predicted octanol–water partition coefficient (Wildman–Crippen LogP) is 3.80. The summed E-state index contributed by atoms with van der Waals surface area (Å²) in [5.74, 6) is 0.915. The summed E-state index contributed by atoms with van der Waals surface area (Å²) in [5, 5.41) is 13.5. The van der Waals surface area contributed by atoms with E-state index >= 15 is 0 Å². The molecule has 188 valence electrons. The van der Waals surface area contributed by atoms with Crippen LogP contribution in [-0.2, 0) is 9.53 Å². The van der Waals surface area contributed by atoms with Gasteiger partial charge in [0.2, 0.25) is 5.91 Å². The summed E-state index contributed by atoms with van der Waals surface area (Å²) in [4.78, 5) is 34.7. The predicted molar refractivity (Wildman–Crippen MR) is 130 cm³/mol. The minimum Gasteiger partial charge on any atom is -0.497 e. The molecule has 0 aromatic heterocycles. The van der Waals surface area contributed by atoms with E-state index in [2.05, 4.69) is 10.6 Å². The zero-order valence-electron chi connectivity index (χ0n) is 20.1. The minimum atomic E-state index is -1.29. The van der Waals surface area contributed by atoms with Crippen molar-refractivity contribution in [2.45, 2.75) is 19.9 Å². The van der Waals surface area contributed by atoms with E-state index < -0.39 is 24.2 Å². The summed E-state index contributed by atoms with van der Waals surface area (Å²) < 4.78 is 20.6. The number of rotatable bonds is 11. The Morgan fingerprint density at radius 3 is 2.06 bits per heavy atom. The molecule has 0 saturated heterocycles. The number of hydrogen-bond acceptors (Lipinski definition) is 7. The molecule has 2 aromatic carbocycles. The number of benzene rings is 2. The molecule has 1 unspecified atom stereocenters. The first-order valence-corrected chi connectivity index (χ1v) is 10.8. The van der Waals surface area contributed by atoms with Gasteiger partial charge in [-0.15, -0.1) is 0 Å². The number of carbonyl (C=O) groups excluding carboxylic acids is 2. The zero-order chi connectivity index (χ0) is 25.8. The average Bonchev–Trinajstić information content (AvgIpc) is 2.84. The molecule has 2 aromatic rings. The molecule has 0 bridgehead atoms. The third-order valence-electron chi connectivity index (χ3n) is 4.77. The number of ether oxygens (including phenoxy) is 4. The van der Waals surface area contributed by atoms with Gasteiger partial charge in [0, 0.05) is 6.07 Å². The Morgan fingerprint density at radius 2 is 1.51 bits per heavy atom. The Bertz CT molecular complexity index is 1010. The molecular formula is C25H30N2O8. The molecule has 0 aliphatic rings. The standard InChI is InChI=1S/C25H30N2O8/c1-16(2)22(27-24(29)30)23(28)26-11-12-34-25(31)35-19-9-7-17(8-10-19)5-6-18-13-20(32-3)15-21(14-18)33-4/h5-10,13-16,22,27H,11-12H2,1-4H3,(H,26,28)(H,29,30). The van der Waals surface area contributed by atoms with Crippen LogP contribution in [0.3, 0.4) is 0 Å². The monoisotopic (exact) mass is 486 g/mol. The highest BCUT2D eigenvalue weighted by Crippen LogP contribution is 2.24. The van der Waals surface area contributed by atoms with Crippen molar-refractivity contribution in [1.82, 2.24) is 10.6 Å². The number of amides is 2. The molecule has 0 aliphatic heterocycles. The van der Waals surface area contributed by atoms with E-state index in [9.17, 15) is 14.4 Å². The topological polar surface area (TPSA) is 132 Å². The van der Waals surface area contributed by atoms with Crippen LogP contribution in [0.4, 0.5) is 9.59 Å². The van der Waals surface area contributed by atoms with Gasteiger partial charge < -0.3 is 34.7 Å². The van der Waals surface area contributed by atoms with Crippen LogP contribution in [0.2, 0.25) is 0 Å². The Hall–Kier alpha value is -4.21. The van der Waals surface area contributed by atoms with Gasteiger partial charge in [-0.2, -0.15) is 0 Å². The van der Waals surface area contributed by atoms with Gasteiger partial charge in [0.15, 0.2) is 0 Å². The van der Waals surface area contributed by atoms with Gasteiger partial charge >= 0.3 is 12.2 Å². The van der Waals surface area contributed by atoms with Crippen LogP contribution in [0.1, 0.15) is 25.0 Å². The third-order valence-corrected chi connectivity index (χ3v) is 4.77. The molecule has 10 heteroatoms. The molecule has 2 rings (SSSR count). The van der Waals surface area contributed by atoms with Gasteiger partial charge in [-0.1, -0.05) is 38.1 Å². The van der Waals surface area contributed by atoms with Gasteiger partial charge in [-0.25, -0.2) is 9.59 Å². The van der Waals surface area contributed by atoms with E-state index in [1.165, 1.54) is 0 Å². The van der Waals surface area contributed by atoms with Crippen LogP contribution in [0.25, 0.3) is 12.2 Å². The number of carbonyl (C=O) groups is 3. The highest BCUT2D eigenvalue weighted by molar-refractivity contribution is 5.85. The largest absolute Gasteiger partial charge is 0.513 e. The molecule has 0 spiro atoms. The van der Waals surface area contributed by atoms with Crippen molar-refractivity contribution in [2.24, 2.45) is 5.92 Å². The van der Waals surface area contributed by atoms with E-state index in [0.29, 0.717) is 17.2 Å². The summed E-state index contributed by atoms with van der Waals surface area (Å²) >= 11 is 0. The van der Waals surface area contributed by atoms with E-state index in [1.54, 1.807) is 58.4 Å². The van der Waals surface area contributed by atoms with Crippen molar-refractivity contribution in [3.8, 4) is 17.2 Å². The average molecular weight is 487 g/mol. The van der Waals surface area contributed by atoms with Gasteiger partial charge in [0.25, 0.3) is 0 Å². The fourth-order valence-corrected chi connectivity index (χ4v) is 2.98. The second-order valence-electron chi connectivity index (χ2n) is 7.71. The van der Waals surface area contributed by atoms with Gasteiger partial charge in [0.1, 0.15) is 29.9 Å². The van der Waals surface area contributed by atoms with E-state index in [-0.39, 0.29) is 19.1 Å². The molecular weight excluding hydrogens is 456 g/mol. The molecule has 3 N–H and O–H groups in total. The SMILES string of the molecule is COc1cc(C=Cc2ccc(OC(=O)OCCNC(=O)C(NC(=O)O)C(C)C)cc2)cc(OC)c1. The maximum Gasteiger partial charge on any atom is 0.513 e. The highest BCUT2D eigenvalue weighted by atomic mass is 16.7. The summed E-state index contributed by atoms with van der Waals surface area (Å²) in [5.41, 5.74) is 1.78. The molecule has 0 heterocycles. The molecule has 0 saturated carbocycles. The summed E-state index contributed by atoms with van der Waals surface area (Å²) in [6.07, 6.45) is 1.58. The summed E-state index contributed by atoms with van der Waals surface area (Å²) in [6.45, 7) is 3.31. The first-order chi connectivity index (χ1) is 16.7. The fourth-order valence-electron chi connectivity index (χ4n) is 2.98. The second kappa shape index (κ2) is 13.5. The third kappa shape index (κ3) is 9.28. The van der Waals surface area contributed by atoms with Crippen LogP contribution in [0.15, 0.2) is 42.5 Å². The molecule has 35 heavy (non-hydrogen) atoms. The van der Waals surface area contributed by atoms with Crippen molar-refractivity contribution < 1.29 is 38.4 Å². The van der Waals surface area contributed by atoms with E-state index in [1.807, 2.05) is 24.3 Å². The van der Waals surface area contributed by atoms with Crippen LogP contribution >= 0.6 is 0 Å². The molecule has 1 atom stereocenters. The summed E-state index contributed by atoms with van der Waals surface area (Å²) in [7, 11) is 3.17. The Labute approximate surface area is 203 Å². The molecule has 0 radical (unpaired) electrons. The maximum absolute atomic E-state index is 12.1. The van der Waals surface area contributed by atoms with E-state index in [4.69, 9.17) is 24.1 Å². The first kappa shape index (κ1) is 27.0. The lowest BCUT2D eigenvalue weighted by atomic mass is 10.0. The lowest BCUT2D eigenvalue weighted by Gasteiger charge is -2.19. The van der Waals surface area contributed by atoms with Crippen molar-refractivity contribution >= 4 is 30.3 Å². The van der Waals surface area contributed by atoms with Gasteiger partial charge in [-0.05, 0) is 41.3 Å². The lowest BCUT2D eigenvalue weighted by Crippen LogP contribution is -2.49. The van der Waals surface area contributed by atoms with Crippen LogP contribution in [-0.4, -0.2) is 56.7 Å². The molecule has 2 amide bonds. The highest BCUT2D eigenvalue weighted by Gasteiger charge is 2.23. The van der Waals surface area contributed by atoms with Gasteiger partial charge in [-0.3, -0.25) is 4.79 Å².